The maximum absolute atomic E-state index is 12.4. The highest BCUT2D eigenvalue weighted by atomic mass is 32.2. The Hall–Kier alpha value is -1.85. The van der Waals surface area contributed by atoms with Crippen molar-refractivity contribution in [1.82, 2.24) is 0 Å². The predicted octanol–water partition coefficient (Wildman–Crippen LogP) is 2.82. The molecule has 0 atom stereocenters. The fourth-order valence-corrected chi connectivity index (χ4v) is 3.17. The van der Waals surface area contributed by atoms with E-state index < -0.39 is 10.0 Å². The predicted molar refractivity (Wildman–Crippen MR) is 85.7 cm³/mol. The van der Waals surface area contributed by atoms with Crippen LogP contribution in [0.5, 0.6) is 0 Å². The van der Waals surface area contributed by atoms with Crippen LogP contribution in [0.4, 0.5) is 5.69 Å². The maximum Gasteiger partial charge on any atom is 0.261 e. The van der Waals surface area contributed by atoms with Gasteiger partial charge in [0.05, 0.1) is 4.90 Å². The van der Waals surface area contributed by atoms with E-state index in [2.05, 4.69) is 11.6 Å². The highest BCUT2D eigenvalue weighted by Crippen LogP contribution is 2.19. The lowest BCUT2D eigenvalue weighted by molar-refractivity contribution is 0.601. The first-order valence-electron chi connectivity index (χ1n) is 6.87. The number of anilines is 1. The lowest BCUT2D eigenvalue weighted by Crippen LogP contribution is -2.14. The molecule has 0 unspecified atom stereocenters. The van der Waals surface area contributed by atoms with E-state index in [1.165, 1.54) is 5.56 Å². The average molecular weight is 304 g/mol. The topological polar surface area (TPSA) is 72.2 Å². The number of hydrogen-bond donors (Lipinski definition) is 2. The summed E-state index contributed by atoms with van der Waals surface area (Å²) in [6.45, 7) is 4.29. The molecular weight excluding hydrogens is 284 g/mol. The van der Waals surface area contributed by atoms with Gasteiger partial charge in [-0.15, -0.1) is 0 Å². The summed E-state index contributed by atoms with van der Waals surface area (Å²) in [6, 6.07) is 12.4. The lowest BCUT2D eigenvalue weighted by Gasteiger charge is -2.11. The third-order valence-corrected chi connectivity index (χ3v) is 4.84. The Morgan fingerprint density at radius 3 is 2.33 bits per heavy atom. The van der Waals surface area contributed by atoms with Crippen molar-refractivity contribution >= 4 is 15.7 Å². The monoisotopic (exact) mass is 304 g/mol. The van der Waals surface area contributed by atoms with E-state index in [0.717, 1.165) is 17.5 Å². The Bertz CT molecular complexity index is 722. The first kappa shape index (κ1) is 15.5. The fraction of sp³-hybridized carbons (Fsp3) is 0.250. The van der Waals surface area contributed by atoms with Gasteiger partial charge >= 0.3 is 0 Å². The summed E-state index contributed by atoms with van der Waals surface area (Å²) in [5.74, 6) is 0. The zero-order valence-corrected chi connectivity index (χ0v) is 13.1. The number of hydrogen-bond acceptors (Lipinski definition) is 3. The van der Waals surface area contributed by atoms with Crippen LogP contribution in [0.3, 0.4) is 0 Å². The summed E-state index contributed by atoms with van der Waals surface area (Å²) in [4.78, 5) is 0.230. The van der Waals surface area contributed by atoms with E-state index in [0.29, 0.717) is 12.2 Å². The van der Waals surface area contributed by atoms with Gasteiger partial charge in [-0.25, -0.2) is 8.42 Å². The van der Waals surface area contributed by atoms with Crippen molar-refractivity contribution in [3.63, 3.8) is 0 Å². The highest BCUT2D eigenvalue weighted by Gasteiger charge is 2.15. The third-order valence-electron chi connectivity index (χ3n) is 3.47. The lowest BCUT2D eigenvalue weighted by atomic mass is 10.1. The molecule has 4 nitrogen and oxygen atoms in total. The van der Waals surface area contributed by atoms with Crippen LogP contribution in [-0.2, 0) is 23.0 Å². The Labute approximate surface area is 126 Å². The molecule has 0 aliphatic carbocycles. The minimum absolute atomic E-state index is 0.230. The van der Waals surface area contributed by atoms with Gasteiger partial charge in [-0.05, 0) is 54.3 Å². The molecule has 0 saturated carbocycles. The minimum atomic E-state index is -3.59. The molecule has 0 spiro atoms. The minimum Gasteiger partial charge on any atom is -0.326 e. The number of benzene rings is 2. The van der Waals surface area contributed by atoms with Gasteiger partial charge in [-0.3, -0.25) is 4.72 Å². The van der Waals surface area contributed by atoms with Crippen LogP contribution in [0, 0.1) is 6.92 Å². The highest BCUT2D eigenvalue weighted by molar-refractivity contribution is 7.92. The van der Waals surface area contributed by atoms with Gasteiger partial charge in [0, 0.05) is 12.2 Å². The number of rotatable bonds is 5. The molecule has 0 amide bonds. The van der Waals surface area contributed by atoms with E-state index in [1.54, 1.807) is 30.3 Å². The van der Waals surface area contributed by atoms with Crippen molar-refractivity contribution in [3.05, 3.63) is 59.2 Å². The maximum atomic E-state index is 12.4. The van der Waals surface area contributed by atoms with E-state index in [9.17, 15) is 8.42 Å². The quantitative estimate of drug-likeness (QED) is 0.892. The Kier molecular flexibility index (Phi) is 4.65. The zero-order chi connectivity index (χ0) is 15.5. The summed E-state index contributed by atoms with van der Waals surface area (Å²) in [5, 5.41) is 0. The van der Waals surface area contributed by atoms with Crippen molar-refractivity contribution < 1.29 is 8.42 Å². The Balaban J connectivity index is 2.29. The first-order valence-corrected chi connectivity index (χ1v) is 8.36. The molecule has 0 fully saturated rings. The summed E-state index contributed by atoms with van der Waals surface area (Å²) in [5.41, 5.74) is 9.18. The van der Waals surface area contributed by atoms with Crippen molar-refractivity contribution in [2.24, 2.45) is 5.73 Å². The van der Waals surface area contributed by atoms with Crippen molar-refractivity contribution in [1.29, 1.82) is 0 Å². The van der Waals surface area contributed by atoms with Crippen LogP contribution < -0.4 is 10.5 Å². The van der Waals surface area contributed by atoms with Crippen LogP contribution >= 0.6 is 0 Å². The van der Waals surface area contributed by atoms with Crippen molar-refractivity contribution in [3.8, 4) is 0 Å². The van der Waals surface area contributed by atoms with E-state index in [4.69, 9.17) is 5.73 Å². The second kappa shape index (κ2) is 6.28. The van der Waals surface area contributed by atoms with Crippen LogP contribution in [0.15, 0.2) is 47.4 Å². The molecule has 0 radical (unpaired) electrons. The molecule has 21 heavy (non-hydrogen) atoms. The molecule has 3 N–H and O–H groups in total. The van der Waals surface area contributed by atoms with Crippen LogP contribution in [0.2, 0.25) is 0 Å². The van der Waals surface area contributed by atoms with Crippen LogP contribution in [-0.4, -0.2) is 8.42 Å². The summed E-state index contributed by atoms with van der Waals surface area (Å²) >= 11 is 0. The largest absolute Gasteiger partial charge is 0.326 e. The molecule has 2 rings (SSSR count). The van der Waals surface area contributed by atoms with Crippen molar-refractivity contribution in [2.45, 2.75) is 31.7 Å². The molecule has 5 heteroatoms. The standard InChI is InChI=1S/C16H20N2O2S/c1-3-13-5-7-15(8-6-13)18-21(19,20)16-9-4-12(2)14(10-16)11-17/h4-10,18H,3,11,17H2,1-2H3. The van der Waals surface area contributed by atoms with Gasteiger partial charge in [0.2, 0.25) is 0 Å². The number of nitrogens with two attached hydrogens (primary N) is 1. The molecule has 0 heterocycles. The Morgan fingerprint density at radius 1 is 1.10 bits per heavy atom. The first-order chi connectivity index (χ1) is 9.96. The van der Waals surface area contributed by atoms with Gasteiger partial charge in [0.25, 0.3) is 10.0 Å². The summed E-state index contributed by atoms with van der Waals surface area (Å²) < 4.78 is 27.4. The van der Waals surface area contributed by atoms with Gasteiger partial charge in [-0.2, -0.15) is 0 Å². The molecule has 112 valence electrons. The zero-order valence-electron chi connectivity index (χ0n) is 12.3. The molecule has 0 saturated heterocycles. The smallest absolute Gasteiger partial charge is 0.261 e. The Morgan fingerprint density at radius 2 is 1.76 bits per heavy atom. The molecule has 0 aromatic heterocycles. The number of sulfonamides is 1. The summed E-state index contributed by atoms with van der Waals surface area (Å²) in [6.07, 6.45) is 0.921. The van der Waals surface area contributed by atoms with E-state index in [1.807, 2.05) is 19.1 Å². The molecular formula is C16H20N2O2S. The summed E-state index contributed by atoms with van der Waals surface area (Å²) in [7, 11) is -3.59. The third kappa shape index (κ3) is 3.62. The second-order valence-corrected chi connectivity index (χ2v) is 6.63. The number of aryl methyl sites for hydroxylation is 2. The number of nitrogens with one attached hydrogen (secondary N) is 1. The second-order valence-electron chi connectivity index (χ2n) is 4.95. The molecule has 0 aliphatic heterocycles. The van der Waals surface area contributed by atoms with Crippen LogP contribution in [0.25, 0.3) is 0 Å². The van der Waals surface area contributed by atoms with Gasteiger partial charge in [0.15, 0.2) is 0 Å². The average Bonchev–Trinajstić information content (AvgIpc) is 2.48. The molecule has 0 aliphatic rings. The van der Waals surface area contributed by atoms with E-state index >= 15 is 0 Å². The SMILES string of the molecule is CCc1ccc(NS(=O)(=O)c2ccc(C)c(CN)c2)cc1. The normalized spacial score (nSPS) is 11.4. The van der Waals surface area contributed by atoms with E-state index in [-0.39, 0.29) is 4.90 Å². The molecule has 0 bridgehead atoms. The fourth-order valence-electron chi connectivity index (χ4n) is 2.06. The van der Waals surface area contributed by atoms with Crippen LogP contribution in [0.1, 0.15) is 23.6 Å². The van der Waals surface area contributed by atoms with Gasteiger partial charge in [0.1, 0.15) is 0 Å². The van der Waals surface area contributed by atoms with Gasteiger partial charge in [-0.1, -0.05) is 25.1 Å². The van der Waals surface area contributed by atoms with Crippen molar-refractivity contribution in [2.75, 3.05) is 4.72 Å². The molecule has 2 aromatic carbocycles. The molecule has 2 aromatic rings. The van der Waals surface area contributed by atoms with Gasteiger partial charge < -0.3 is 5.73 Å².